The molecule has 4 bridgehead atoms. The number of benzene rings is 5. The molecule has 12 nitrogen and oxygen atoms in total. The Bertz CT molecular complexity index is 2820. The fourth-order valence-electron chi connectivity index (χ4n) is 11.0. The molecule has 3 N–H and O–H groups in total. The lowest BCUT2D eigenvalue weighted by molar-refractivity contribution is -0.137. The molecule has 4 heterocycles. The van der Waals surface area contributed by atoms with Gasteiger partial charge in [0, 0.05) is 12.1 Å². The number of anilines is 1. The van der Waals surface area contributed by atoms with Crippen molar-refractivity contribution in [3.8, 4) is 22.3 Å². The Morgan fingerprint density at radius 2 is 1.16 bits per heavy atom. The van der Waals surface area contributed by atoms with Crippen molar-refractivity contribution in [2.75, 3.05) is 12.1 Å². The van der Waals surface area contributed by atoms with Gasteiger partial charge >= 0.3 is 12.1 Å². The second kappa shape index (κ2) is 15.2. The number of nitrogens with one attached hydrogen (secondary N) is 3. The summed E-state index contributed by atoms with van der Waals surface area (Å²) in [5.41, 5.74) is 12.1. The molecule has 7 aromatic rings. The predicted octanol–water partition coefficient (Wildman–Crippen LogP) is 10.1. The Hall–Kier alpha value is -6.95. The quantitative estimate of drug-likeness (QED) is 0.137. The number of likely N-dealkylation sites (tertiary alicyclic amines) is 2. The van der Waals surface area contributed by atoms with Crippen molar-refractivity contribution in [2.45, 2.75) is 75.5 Å². The first kappa shape index (κ1) is 38.0. The van der Waals surface area contributed by atoms with Crippen LogP contribution in [0.3, 0.4) is 0 Å². The molecule has 4 amide bonds. The van der Waals surface area contributed by atoms with Gasteiger partial charge in [-0.05, 0) is 121 Å². The zero-order chi connectivity index (χ0) is 42.1. The number of fused-ring (bicyclic) bond motifs is 6. The van der Waals surface area contributed by atoms with Crippen LogP contribution >= 0.6 is 0 Å². The number of rotatable bonds is 7. The molecule has 2 aromatic heterocycles. The summed E-state index contributed by atoms with van der Waals surface area (Å²) in [6, 6.07) is 40.1. The van der Waals surface area contributed by atoms with Crippen LogP contribution in [0, 0.1) is 11.8 Å². The van der Waals surface area contributed by atoms with Crippen molar-refractivity contribution in [1.82, 2.24) is 35.2 Å². The molecular formula is C50H48N8O4. The van der Waals surface area contributed by atoms with Crippen LogP contribution < -0.4 is 10.4 Å². The van der Waals surface area contributed by atoms with Crippen LogP contribution in [0.4, 0.5) is 15.3 Å². The number of imidazole rings is 2. The van der Waals surface area contributed by atoms with Gasteiger partial charge in [0.2, 0.25) is 5.91 Å². The Morgan fingerprint density at radius 1 is 0.661 bits per heavy atom. The molecule has 7 atom stereocenters. The van der Waals surface area contributed by atoms with E-state index in [0.29, 0.717) is 11.6 Å². The van der Waals surface area contributed by atoms with Crippen molar-refractivity contribution in [3.63, 3.8) is 0 Å². The van der Waals surface area contributed by atoms with Gasteiger partial charge in [0.1, 0.15) is 11.6 Å². The number of hydrazine groups is 1. The second-order valence-electron chi connectivity index (χ2n) is 17.5. The molecule has 1 unspecified atom stereocenters. The minimum atomic E-state index is -0.720. The van der Waals surface area contributed by atoms with Crippen molar-refractivity contribution in [3.05, 3.63) is 139 Å². The molecule has 62 heavy (non-hydrogen) atoms. The number of hydrogen-bond acceptors (Lipinski definition) is 6. The maximum atomic E-state index is 14.3. The Morgan fingerprint density at radius 3 is 1.71 bits per heavy atom. The van der Waals surface area contributed by atoms with Crippen molar-refractivity contribution >= 4 is 45.8 Å². The van der Waals surface area contributed by atoms with Crippen LogP contribution in [0.2, 0.25) is 0 Å². The Kier molecular flexibility index (Phi) is 9.32. The van der Waals surface area contributed by atoms with E-state index in [-0.39, 0.29) is 47.9 Å². The largest absolute Gasteiger partial charge is 0.452 e. The fourth-order valence-corrected chi connectivity index (χ4v) is 11.0. The standard InChI is InChI=1S/C50H48N8O4/c1-29(30-9-5-3-6-10-30)48(59)56-38-21-17-35(25-38)44(56)46-51-40-23-19-33(27-42(40)53-46)31-13-15-32(16-14-31)34-20-24-41-43(28-34)54-47(52-41)45-36-18-22-39(26-36)57(45)50(61)58(55-49(60)62-2)37-11-7-4-8-12-37/h3-16,19-20,23-24,27-29,35-36,38-39,44-45H,17-18,21-22,25-26H2,1-2H3,(H,51,53)(H,52,54)(H,55,60)/t29-,35-,36-,38-,39-,44?,45+/m1/s1. The summed E-state index contributed by atoms with van der Waals surface area (Å²) in [5, 5.41) is 1.28. The minimum absolute atomic E-state index is 0.0407. The third-order valence-electron chi connectivity index (χ3n) is 14.0. The fraction of sp³-hybridized carbons (Fsp3) is 0.300. The first-order chi connectivity index (χ1) is 30.3. The molecule has 2 aliphatic heterocycles. The summed E-state index contributed by atoms with van der Waals surface area (Å²) < 4.78 is 4.87. The highest BCUT2D eigenvalue weighted by atomic mass is 16.5. The number of para-hydroxylation sites is 1. The van der Waals surface area contributed by atoms with Gasteiger partial charge < -0.3 is 24.5 Å². The van der Waals surface area contributed by atoms with E-state index in [1.54, 1.807) is 12.1 Å². The molecule has 4 aliphatic rings. The number of ether oxygens (including phenoxy) is 1. The molecule has 4 fully saturated rings. The summed E-state index contributed by atoms with van der Waals surface area (Å²) in [6.07, 6.45) is 5.29. The van der Waals surface area contributed by atoms with Crippen molar-refractivity contribution in [2.24, 2.45) is 11.8 Å². The average Bonchev–Trinajstić information content (AvgIpc) is 4.20. The van der Waals surface area contributed by atoms with Gasteiger partial charge in [-0.3, -0.25) is 4.79 Å². The topological polar surface area (TPSA) is 140 Å². The molecule has 2 saturated heterocycles. The van der Waals surface area contributed by atoms with Crippen LogP contribution in [-0.2, 0) is 9.53 Å². The number of urea groups is 1. The SMILES string of the molecule is COC(=O)NN(C(=O)N1[C@@H]2CC[C@H](C2)[C@H]1c1nc2ccc(-c3ccc(-c4ccc5nc(C6[C@@H]7CC[C@H](C7)N6C(=O)[C@H](C)c6ccccc6)[nH]c5c4)cc3)cc2[nH]1)c1ccccc1. The zero-order valence-electron chi connectivity index (χ0n) is 34.7. The van der Waals surface area contributed by atoms with E-state index < -0.39 is 6.09 Å². The number of aromatic nitrogens is 4. The molecule has 312 valence electrons. The molecule has 0 radical (unpaired) electrons. The van der Waals surface area contributed by atoms with Gasteiger partial charge in [-0.1, -0.05) is 84.9 Å². The number of H-pyrrole nitrogens is 2. The normalized spacial score (nSPS) is 23.0. The number of aromatic amines is 2. The number of nitrogens with zero attached hydrogens (tertiary/aromatic N) is 5. The highest BCUT2D eigenvalue weighted by Crippen LogP contribution is 2.52. The van der Waals surface area contributed by atoms with Gasteiger partial charge in [-0.25, -0.2) is 25.0 Å². The lowest BCUT2D eigenvalue weighted by Crippen LogP contribution is -2.55. The summed E-state index contributed by atoms with van der Waals surface area (Å²) in [6.45, 7) is 2.02. The lowest BCUT2D eigenvalue weighted by atomic mass is 9.94. The van der Waals surface area contributed by atoms with Gasteiger partial charge in [0.05, 0.1) is 52.9 Å². The van der Waals surface area contributed by atoms with E-state index in [0.717, 1.165) is 100 Å². The first-order valence-electron chi connectivity index (χ1n) is 21.8. The molecule has 0 spiro atoms. The molecule has 2 aliphatic carbocycles. The second-order valence-corrected chi connectivity index (χ2v) is 17.5. The van der Waals surface area contributed by atoms with Crippen molar-refractivity contribution < 1.29 is 19.1 Å². The molecular weight excluding hydrogens is 777 g/mol. The lowest BCUT2D eigenvalue weighted by Gasteiger charge is -2.37. The maximum absolute atomic E-state index is 14.3. The van der Waals surface area contributed by atoms with Crippen LogP contribution in [0.25, 0.3) is 44.3 Å². The molecule has 2 saturated carbocycles. The highest BCUT2D eigenvalue weighted by molar-refractivity contribution is 5.95. The van der Waals surface area contributed by atoms with Crippen LogP contribution in [0.5, 0.6) is 0 Å². The number of amides is 4. The van der Waals surface area contributed by atoms with Crippen molar-refractivity contribution in [1.29, 1.82) is 0 Å². The van der Waals surface area contributed by atoms with Gasteiger partial charge in [-0.15, -0.1) is 0 Å². The van der Waals surface area contributed by atoms with E-state index >= 15 is 0 Å². The monoisotopic (exact) mass is 824 g/mol. The summed E-state index contributed by atoms with van der Waals surface area (Å²) in [4.78, 5) is 62.1. The Balaban J connectivity index is 0.828. The van der Waals surface area contributed by atoms with Crippen LogP contribution in [-0.4, -0.2) is 67.0 Å². The zero-order valence-corrected chi connectivity index (χ0v) is 34.7. The number of methoxy groups -OCH3 is 1. The number of hydrogen-bond donors (Lipinski definition) is 3. The third-order valence-corrected chi connectivity index (χ3v) is 14.0. The van der Waals surface area contributed by atoms with Gasteiger partial charge in [0.15, 0.2) is 0 Å². The Labute approximate surface area is 359 Å². The van der Waals surface area contributed by atoms with E-state index in [1.165, 1.54) is 12.1 Å². The minimum Gasteiger partial charge on any atom is -0.452 e. The smallest absolute Gasteiger partial charge is 0.426 e. The van der Waals surface area contributed by atoms with Crippen LogP contribution in [0.1, 0.15) is 80.7 Å². The summed E-state index contributed by atoms with van der Waals surface area (Å²) in [5.74, 6) is 2.28. The van der Waals surface area contributed by atoms with E-state index in [2.05, 4.69) is 74.9 Å². The van der Waals surface area contributed by atoms with E-state index in [1.807, 2.05) is 66.4 Å². The number of carbonyl (C=O) groups is 3. The first-order valence-corrected chi connectivity index (χ1v) is 21.8. The third kappa shape index (κ3) is 6.47. The average molecular weight is 825 g/mol. The highest BCUT2D eigenvalue weighted by Gasteiger charge is 2.52. The van der Waals surface area contributed by atoms with Crippen LogP contribution in [0.15, 0.2) is 121 Å². The number of carbonyl (C=O) groups excluding carboxylic acids is 3. The van der Waals surface area contributed by atoms with Gasteiger partial charge in [0.25, 0.3) is 0 Å². The number of piperidine rings is 2. The van der Waals surface area contributed by atoms with E-state index in [9.17, 15) is 14.4 Å². The predicted molar refractivity (Wildman–Crippen MR) is 238 cm³/mol. The molecule has 11 rings (SSSR count). The summed E-state index contributed by atoms with van der Waals surface area (Å²) >= 11 is 0. The molecule has 5 aromatic carbocycles. The summed E-state index contributed by atoms with van der Waals surface area (Å²) in [7, 11) is 1.28. The van der Waals surface area contributed by atoms with E-state index in [4.69, 9.17) is 14.7 Å². The molecule has 12 heteroatoms. The maximum Gasteiger partial charge on any atom is 0.426 e. The van der Waals surface area contributed by atoms with Gasteiger partial charge in [-0.2, -0.15) is 5.01 Å².